The van der Waals surface area contributed by atoms with E-state index in [4.69, 9.17) is 42.6 Å². The largest absolute Gasteiger partial charge is 0.466 e. The van der Waals surface area contributed by atoms with Crippen molar-refractivity contribution in [1.29, 1.82) is 0 Å². The normalized spacial score (nSPS) is 34.6. The van der Waals surface area contributed by atoms with Crippen LogP contribution in [0, 0.1) is 17.8 Å². The van der Waals surface area contributed by atoms with Gasteiger partial charge in [0.15, 0.2) is 12.6 Å². The van der Waals surface area contributed by atoms with Gasteiger partial charge < -0.3 is 62.7 Å². The second-order valence-corrected chi connectivity index (χ2v) is 19.9. The van der Waals surface area contributed by atoms with Gasteiger partial charge in [-0.25, -0.2) is 0 Å². The van der Waals surface area contributed by atoms with Crippen LogP contribution in [-0.4, -0.2) is 178 Å². The highest BCUT2D eigenvalue weighted by Crippen LogP contribution is 2.41. The topological polar surface area (TPSA) is 224 Å². The van der Waals surface area contributed by atoms with E-state index in [9.17, 15) is 33.9 Å². The van der Waals surface area contributed by atoms with Gasteiger partial charge in [-0.2, -0.15) is 0 Å². The van der Waals surface area contributed by atoms with Gasteiger partial charge in [0.1, 0.15) is 48.3 Å². The van der Waals surface area contributed by atoms with Crippen molar-refractivity contribution >= 4 is 36.1 Å². The fourth-order valence-corrected chi connectivity index (χ4v) is 10.6. The summed E-state index contributed by atoms with van der Waals surface area (Å²) >= 11 is 0. The Morgan fingerprint density at radius 3 is 2.23 bits per heavy atom. The summed E-state index contributed by atoms with van der Waals surface area (Å²) in [6, 6.07) is 9.02. The van der Waals surface area contributed by atoms with Crippen LogP contribution in [-0.2, 0) is 77.8 Å². The molecule has 1 amide bonds. The van der Waals surface area contributed by atoms with Gasteiger partial charge in [0.05, 0.1) is 37.4 Å². The molecule has 1 aromatic carbocycles. The molecule has 0 aliphatic carbocycles. The van der Waals surface area contributed by atoms with Gasteiger partial charge in [0.25, 0.3) is 0 Å². The minimum absolute atomic E-state index is 0.00452. The monoisotopic (exact) mass is 1010 g/mol. The van der Waals surface area contributed by atoms with Crippen molar-refractivity contribution in [2.24, 2.45) is 17.8 Å². The molecule has 16 atom stereocenters. The predicted octanol–water partition coefficient (Wildman–Crippen LogP) is 4.16. The Bertz CT molecular complexity index is 1860. The smallest absolute Gasteiger partial charge is 0.315 e. The zero-order valence-corrected chi connectivity index (χ0v) is 44.1. The number of carbonyl (C=O) groups excluding carboxylic acids is 6. The molecule has 3 saturated heterocycles. The molecule has 0 spiro atoms. The van der Waals surface area contributed by atoms with Gasteiger partial charge in [-0.05, 0) is 98.3 Å². The molecule has 3 aliphatic rings. The number of carbonyl (C=O) groups is 6. The lowest BCUT2D eigenvalue weighted by molar-refractivity contribution is -0.341. The predicted molar refractivity (Wildman–Crippen MR) is 259 cm³/mol. The van der Waals surface area contributed by atoms with Gasteiger partial charge in [-0.3, -0.25) is 28.9 Å². The molecule has 4 rings (SSSR count). The van der Waals surface area contributed by atoms with E-state index in [1.165, 1.54) is 26.5 Å². The number of nitrogens with zero attached hydrogens (tertiary/aromatic N) is 2. The number of nitrogens with one attached hydrogen (secondary N) is 1. The fourth-order valence-electron chi connectivity index (χ4n) is 10.6. The first-order chi connectivity index (χ1) is 33.6. The number of hydrogen-bond donors (Lipinski definition) is 2. The van der Waals surface area contributed by atoms with Crippen molar-refractivity contribution < 1.29 is 76.5 Å². The lowest BCUT2D eigenvalue weighted by Gasteiger charge is -2.50. The maximum absolute atomic E-state index is 14.0. The molecule has 0 aromatic heterocycles. The van der Waals surface area contributed by atoms with Crippen LogP contribution in [0.5, 0.6) is 0 Å². The molecular formula is C52H83N3O16. The fraction of sp³-hybridized carbons (Fsp3) is 0.769. The molecule has 19 heteroatoms. The van der Waals surface area contributed by atoms with Crippen LogP contribution in [0.3, 0.4) is 0 Å². The first kappa shape index (κ1) is 59.5. The number of aldehydes is 1. The minimum atomic E-state index is -1.44. The second-order valence-electron chi connectivity index (χ2n) is 19.9. The lowest BCUT2D eigenvalue weighted by Crippen LogP contribution is -2.66. The van der Waals surface area contributed by atoms with Gasteiger partial charge in [-0.15, -0.1) is 0 Å². The Morgan fingerprint density at radius 1 is 0.915 bits per heavy atom. The summed E-state index contributed by atoms with van der Waals surface area (Å²) < 4.78 is 55.6. The van der Waals surface area contributed by atoms with Crippen molar-refractivity contribution in [3.05, 3.63) is 35.9 Å². The minimum Gasteiger partial charge on any atom is -0.466 e. The number of unbranched alkanes of at least 4 members (excludes halogenated alkanes) is 1. The molecule has 2 N–H and O–H groups in total. The first-order valence-corrected chi connectivity index (χ1v) is 25.4. The summed E-state index contributed by atoms with van der Waals surface area (Å²) in [6.07, 6.45) is -7.41. The van der Waals surface area contributed by atoms with E-state index in [1.54, 1.807) is 53.6 Å². The average Bonchev–Trinajstić information content (AvgIpc) is 3.27. The number of ether oxygens (including phenoxy) is 9. The summed E-state index contributed by atoms with van der Waals surface area (Å²) in [5.74, 6) is -4.72. The van der Waals surface area contributed by atoms with Crippen molar-refractivity contribution in [1.82, 2.24) is 15.1 Å². The van der Waals surface area contributed by atoms with E-state index in [2.05, 4.69) is 22.3 Å². The Morgan fingerprint density at radius 2 is 1.62 bits per heavy atom. The van der Waals surface area contributed by atoms with Gasteiger partial charge >= 0.3 is 23.9 Å². The molecule has 71 heavy (non-hydrogen) atoms. The van der Waals surface area contributed by atoms with Crippen molar-refractivity contribution in [2.75, 3.05) is 47.4 Å². The van der Waals surface area contributed by atoms with E-state index in [0.717, 1.165) is 25.5 Å². The molecule has 402 valence electrons. The number of amides is 1. The molecule has 19 nitrogen and oxygen atoms in total. The second kappa shape index (κ2) is 28.4. The highest BCUT2D eigenvalue weighted by Gasteiger charge is 2.55. The number of aryl methyl sites for hydroxylation is 1. The van der Waals surface area contributed by atoms with Crippen LogP contribution < -0.4 is 5.32 Å². The molecule has 0 unspecified atom stereocenters. The van der Waals surface area contributed by atoms with Crippen molar-refractivity contribution in [3.8, 4) is 0 Å². The van der Waals surface area contributed by atoms with E-state index in [0.29, 0.717) is 19.6 Å². The summed E-state index contributed by atoms with van der Waals surface area (Å²) in [4.78, 5) is 82.2. The molecule has 0 radical (unpaired) electrons. The van der Waals surface area contributed by atoms with Gasteiger partial charge in [0, 0.05) is 59.4 Å². The number of aliphatic hydroxyl groups excluding tert-OH is 1. The Balaban J connectivity index is 1.71. The molecule has 3 heterocycles. The molecule has 0 saturated carbocycles. The highest BCUT2D eigenvalue weighted by molar-refractivity contribution is 5.78. The first-order valence-electron chi connectivity index (χ1n) is 25.4. The molecule has 3 aliphatic heterocycles. The summed E-state index contributed by atoms with van der Waals surface area (Å²) in [5, 5.41) is 15.4. The zero-order chi connectivity index (χ0) is 52.6. The quantitative estimate of drug-likeness (QED) is 0.0859. The van der Waals surface area contributed by atoms with Gasteiger partial charge in [0.2, 0.25) is 5.91 Å². The Labute approximate surface area is 420 Å². The average molecular weight is 1010 g/mol. The van der Waals surface area contributed by atoms with Crippen LogP contribution >= 0.6 is 0 Å². The van der Waals surface area contributed by atoms with Crippen molar-refractivity contribution in [3.63, 3.8) is 0 Å². The third-order valence-electron chi connectivity index (χ3n) is 13.8. The number of benzene rings is 1. The third kappa shape index (κ3) is 17.3. The number of methoxy groups -OCH3 is 1. The van der Waals surface area contributed by atoms with Crippen LogP contribution in [0.2, 0.25) is 0 Å². The van der Waals surface area contributed by atoms with Crippen LogP contribution in [0.25, 0.3) is 0 Å². The third-order valence-corrected chi connectivity index (χ3v) is 13.8. The summed E-state index contributed by atoms with van der Waals surface area (Å²) in [7, 11) is 4.90. The Hall–Kier alpha value is -4.08. The van der Waals surface area contributed by atoms with Gasteiger partial charge in [-0.1, -0.05) is 44.2 Å². The molecule has 3 fully saturated rings. The maximum Gasteiger partial charge on any atom is 0.315 e. The lowest BCUT2D eigenvalue weighted by atomic mass is 9.79. The summed E-state index contributed by atoms with van der Waals surface area (Å²) in [5.41, 5.74) is -0.136. The van der Waals surface area contributed by atoms with E-state index in [1.807, 2.05) is 32.0 Å². The Kier molecular flexibility index (Phi) is 23.8. The van der Waals surface area contributed by atoms with E-state index < -0.39 is 115 Å². The molecule has 0 bridgehead atoms. The van der Waals surface area contributed by atoms with E-state index >= 15 is 0 Å². The number of aliphatic hydroxyl groups is 1. The van der Waals surface area contributed by atoms with Crippen LogP contribution in [0.4, 0.5) is 0 Å². The van der Waals surface area contributed by atoms with E-state index in [-0.39, 0.29) is 50.7 Å². The summed E-state index contributed by atoms with van der Waals surface area (Å²) in [6.45, 7) is 16.4. The number of likely N-dealkylation sites (N-methyl/N-ethyl adjacent to an activating group) is 1. The number of rotatable bonds is 19. The number of esters is 4. The molecular weight excluding hydrogens is 923 g/mol. The molecule has 1 aromatic rings. The van der Waals surface area contributed by atoms with Crippen LogP contribution in [0.15, 0.2) is 30.3 Å². The maximum atomic E-state index is 14.0. The number of hydrogen-bond acceptors (Lipinski definition) is 18. The highest BCUT2D eigenvalue weighted by atomic mass is 16.7. The van der Waals surface area contributed by atoms with Crippen LogP contribution in [0.1, 0.15) is 113 Å². The van der Waals surface area contributed by atoms with Crippen molar-refractivity contribution in [2.45, 2.75) is 193 Å². The zero-order valence-electron chi connectivity index (χ0n) is 44.1. The SMILES string of the molecule is CCOC(=O)[C@H]1[C@H](C)O[C@@H](O[C@H]2[C@H](N(C)C)[C@@H](O)[C@H](O[C@H]3[C@@H](CC=O)C[C@@H](C)[C@@H](OC(C)=O)CN(CCCCc4ccccc4)C[C@@H](C)NC(=O)C[C@@H](OC(=O)CC)[C@@H]3OC)O[C@@H]2C)C[C@@]1(C)OC(C)=O. The standard InChI is InChI=1S/C52H83N3O16/c1-13-42(60)68-39-27-41(59)53-32(4)29-55(24-19-18-22-37-20-16-15-17-21-37)30-40(67-35(7)57)31(3)26-38(23-25-56)48(49(39)63-12)70-51-46(61)45(54(10)11)47(34(6)66-51)69-43-28-52(9,71-36(8)58)44(33(5)65-43)50(62)64-14-2/h15-17,20-21,25,31-34,38-40,43-49,51,61H,13-14,18-19,22-24,26-30H2,1-12H3,(H,53,59)/t31-,32-,33+,34-,38+,39-,40+,43+,44-,45-,46-,47-,48+,49+,51+,52-/m1/s1.